The normalized spacial score (nSPS) is 18.7. The molecule has 2 aliphatic heterocycles. The van der Waals surface area contributed by atoms with E-state index in [4.69, 9.17) is 12.2 Å². The van der Waals surface area contributed by atoms with Gasteiger partial charge in [0.05, 0.1) is 17.3 Å². The van der Waals surface area contributed by atoms with Crippen molar-refractivity contribution >= 4 is 56.3 Å². The molecule has 0 aliphatic carbocycles. The molecule has 1 saturated heterocycles. The lowest BCUT2D eigenvalue weighted by Gasteiger charge is -2.44. The molecular formula is C25H22BrN4O3S-. The first-order valence-corrected chi connectivity index (χ1v) is 12.2. The van der Waals surface area contributed by atoms with Crippen LogP contribution < -0.4 is 26.2 Å². The van der Waals surface area contributed by atoms with Crippen molar-refractivity contribution in [2.75, 3.05) is 28.6 Å². The van der Waals surface area contributed by atoms with E-state index >= 15 is 0 Å². The summed E-state index contributed by atoms with van der Waals surface area (Å²) in [5.41, 5.74) is 3.46. The standard InChI is InChI=1S/C25H23BrN4O3S/c26-18-5-7-19(8-6-18)27-25(34)28-20-11-16(24(32)33)4-9-22(20)29-12-15-10-17(14-29)21-2-1-3-23(31)30(21)13-15/h1-9,11,15,17H,10,12-14H2,(H,32,33)(H2,27,28,34)/p-1. The van der Waals surface area contributed by atoms with Crippen LogP contribution in [0.1, 0.15) is 28.4 Å². The molecule has 0 saturated carbocycles. The highest BCUT2D eigenvalue weighted by Gasteiger charge is 2.35. The van der Waals surface area contributed by atoms with E-state index in [1.807, 2.05) is 41.0 Å². The van der Waals surface area contributed by atoms with E-state index in [0.717, 1.165) is 41.1 Å². The molecular weight excluding hydrogens is 516 g/mol. The first kappa shape index (κ1) is 22.6. The highest BCUT2D eigenvalue weighted by Crippen LogP contribution is 2.39. The van der Waals surface area contributed by atoms with Gasteiger partial charge >= 0.3 is 0 Å². The third kappa shape index (κ3) is 4.58. The second kappa shape index (κ2) is 9.23. The van der Waals surface area contributed by atoms with Crippen molar-refractivity contribution in [3.05, 3.63) is 86.7 Å². The number of rotatable bonds is 4. The number of carboxylic acids is 1. The molecule has 1 fully saturated rings. The Morgan fingerprint density at radius 1 is 1.03 bits per heavy atom. The predicted octanol–water partition coefficient (Wildman–Crippen LogP) is 3.41. The van der Waals surface area contributed by atoms with Crippen LogP contribution in [-0.2, 0) is 6.54 Å². The molecule has 7 nitrogen and oxygen atoms in total. The number of hydrogen-bond acceptors (Lipinski definition) is 5. The summed E-state index contributed by atoms with van der Waals surface area (Å²) >= 11 is 8.93. The van der Waals surface area contributed by atoms with Gasteiger partial charge in [-0.3, -0.25) is 4.79 Å². The molecule has 2 N–H and O–H groups in total. The number of piperidine rings is 1. The van der Waals surface area contributed by atoms with Crippen LogP contribution in [0, 0.1) is 5.92 Å². The van der Waals surface area contributed by atoms with Gasteiger partial charge in [0, 0.05) is 47.5 Å². The SMILES string of the molecule is O=C([O-])c1ccc(N2CC3CC(C2)c2cccc(=O)n2C3)c(NC(=S)Nc2ccc(Br)cc2)c1. The minimum atomic E-state index is -1.25. The average molecular weight is 538 g/mol. The molecule has 9 heteroatoms. The number of benzene rings is 2. The lowest BCUT2D eigenvalue weighted by molar-refractivity contribution is -0.255. The summed E-state index contributed by atoms with van der Waals surface area (Å²) in [4.78, 5) is 26.1. The van der Waals surface area contributed by atoms with E-state index in [1.54, 1.807) is 24.3 Å². The molecule has 2 unspecified atom stereocenters. The number of carbonyl (C=O) groups excluding carboxylic acids is 1. The molecule has 0 amide bonds. The van der Waals surface area contributed by atoms with Crippen molar-refractivity contribution in [3.8, 4) is 0 Å². The van der Waals surface area contributed by atoms with Crippen LogP contribution in [0.2, 0.25) is 0 Å². The Labute approximate surface area is 210 Å². The van der Waals surface area contributed by atoms with E-state index in [9.17, 15) is 14.7 Å². The first-order chi connectivity index (χ1) is 16.4. The molecule has 34 heavy (non-hydrogen) atoms. The molecule has 3 heterocycles. The zero-order valence-electron chi connectivity index (χ0n) is 18.2. The summed E-state index contributed by atoms with van der Waals surface area (Å²) < 4.78 is 2.85. The molecule has 2 aliphatic rings. The molecule has 174 valence electrons. The number of carboxylic acid groups (broad SMARTS) is 1. The quantitative estimate of drug-likeness (QED) is 0.493. The lowest BCUT2D eigenvalue weighted by Crippen LogP contribution is -2.47. The Bertz CT molecular complexity index is 1320. The summed E-state index contributed by atoms with van der Waals surface area (Å²) in [5, 5.41) is 18.2. The average Bonchev–Trinajstić information content (AvgIpc) is 2.81. The second-order valence-corrected chi connectivity index (χ2v) is 10.0. The van der Waals surface area contributed by atoms with Gasteiger partial charge in [-0.2, -0.15) is 0 Å². The van der Waals surface area contributed by atoms with E-state index in [2.05, 4.69) is 31.5 Å². The third-order valence-electron chi connectivity index (χ3n) is 6.40. The summed E-state index contributed by atoms with van der Waals surface area (Å²) in [6, 6.07) is 18.0. The van der Waals surface area contributed by atoms with Gasteiger partial charge < -0.3 is 30.0 Å². The van der Waals surface area contributed by atoms with Crippen LogP contribution in [0.3, 0.4) is 0 Å². The van der Waals surface area contributed by atoms with E-state index in [-0.39, 0.29) is 17.0 Å². The minimum Gasteiger partial charge on any atom is -0.545 e. The Morgan fingerprint density at radius 2 is 1.82 bits per heavy atom. The summed E-state index contributed by atoms with van der Waals surface area (Å²) in [6.07, 6.45) is 1.03. The van der Waals surface area contributed by atoms with Gasteiger partial charge in [-0.1, -0.05) is 28.1 Å². The number of hydrogen-bond donors (Lipinski definition) is 2. The maximum atomic E-state index is 12.3. The number of aromatic nitrogens is 1. The van der Waals surface area contributed by atoms with Gasteiger partial charge in [0.1, 0.15) is 0 Å². The zero-order chi connectivity index (χ0) is 23.8. The highest BCUT2D eigenvalue weighted by molar-refractivity contribution is 9.10. The van der Waals surface area contributed by atoms with Gasteiger partial charge in [0.15, 0.2) is 5.11 Å². The fraction of sp³-hybridized carbons (Fsp3) is 0.240. The van der Waals surface area contributed by atoms with Crippen molar-refractivity contribution in [3.63, 3.8) is 0 Å². The van der Waals surface area contributed by atoms with Gasteiger partial charge in [-0.25, -0.2) is 0 Å². The number of halogens is 1. The molecule has 2 aromatic carbocycles. The van der Waals surface area contributed by atoms with E-state index in [0.29, 0.717) is 23.3 Å². The van der Waals surface area contributed by atoms with Crippen molar-refractivity contribution < 1.29 is 9.90 Å². The molecule has 0 radical (unpaired) electrons. The fourth-order valence-electron chi connectivity index (χ4n) is 4.95. The summed E-state index contributed by atoms with van der Waals surface area (Å²) in [5.74, 6) is -0.694. The number of nitrogens with one attached hydrogen (secondary N) is 2. The molecule has 2 atom stereocenters. The molecule has 2 bridgehead atoms. The smallest absolute Gasteiger partial charge is 0.250 e. The predicted molar refractivity (Wildman–Crippen MR) is 139 cm³/mol. The number of carbonyl (C=O) groups is 1. The maximum Gasteiger partial charge on any atom is 0.250 e. The summed E-state index contributed by atoms with van der Waals surface area (Å²) in [7, 11) is 0. The molecule has 3 aromatic rings. The van der Waals surface area contributed by atoms with Gasteiger partial charge in [-0.05, 0) is 72.6 Å². The molecule has 0 spiro atoms. The Balaban J connectivity index is 1.42. The number of pyridine rings is 1. The fourth-order valence-corrected chi connectivity index (χ4v) is 5.44. The second-order valence-electron chi connectivity index (χ2n) is 8.71. The van der Waals surface area contributed by atoms with E-state index in [1.165, 1.54) is 0 Å². The van der Waals surface area contributed by atoms with Crippen LogP contribution in [0.25, 0.3) is 0 Å². The van der Waals surface area contributed by atoms with Crippen molar-refractivity contribution in [1.82, 2.24) is 4.57 Å². The number of thiocarbonyl (C=S) groups is 1. The third-order valence-corrected chi connectivity index (χ3v) is 7.14. The number of anilines is 3. The van der Waals surface area contributed by atoms with Crippen LogP contribution in [0.15, 0.2) is 69.9 Å². The van der Waals surface area contributed by atoms with Gasteiger partial charge in [0.25, 0.3) is 5.56 Å². The number of nitrogens with zero attached hydrogens (tertiary/aromatic N) is 2. The van der Waals surface area contributed by atoms with Crippen molar-refractivity contribution in [2.24, 2.45) is 5.92 Å². The Kier molecular flexibility index (Phi) is 6.14. The Morgan fingerprint density at radius 3 is 2.59 bits per heavy atom. The van der Waals surface area contributed by atoms with Crippen LogP contribution in [-0.4, -0.2) is 28.7 Å². The monoisotopic (exact) mass is 537 g/mol. The largest absolute Gasteiger partial charge is 0.545 e. The lowest BCUT2D eigenvalue weighted by atomic mass is 9.83. The number of aromatic carboxylic acids is 1. The van der Waals surface area contributed by atoms with Crippen molar-refractivity contribution in [2.45, 2.75) is 18.9 Å². The highest BCUT2D eigenvalue weighted by atomic mass is 79.9. The van der Waals surface area contributed by atoms with Crippen LogP contribution in [0.5, 0.6) is 0 Å². The first-order valence-electron chi connectivity index (χ1n) is 11.0. The summed E-state index contributed by atoms with van der Waals surface area (Å²) in [6.45, 7) is 2.18. The minimum absolute atomic E-state index is 0.0469. The molecule has 5 rings (SSSR count). The van der Waals surface area contributed by atoms with Gasteiger partial charge in [0.2, 0.25) is 0 Å². The zero-order valence-corrected chi connectivity index (χ0v) is 20.6. The topological polar surface area (TPSA) is 89.4 Å². The van der Waals surface area contributed by atoms with Gasteiger partial charge in [-0.15, -0.1) is 0 Å². The number of fused-ring (bicyclic) bond motifs is 4. The van der Waals surface area contributed by atoms with Crippen LogP contribution in [0.4, 0.5) is 17.1 Å². The molecule has 1 aromatic heterocycles. The van der Waals surface area contributed by atoms with Crippen molar-refractivity contribution in [1.29, 1.82) is 0 Å². The Hall–Kier alpha value is -3.17. The maximum absolute atomic E-state index is 12.3. The van der Waals surface area contributed by atoms with E-state index < -0.39 is 5.97 Å². The van der Waals surface area contributed by atoms with Crippen LogP contribution >= 0.6 is 28.1 Å².